The molecule has 0 saturated heterocycles. The van der Waals surface area contributed by atoms with Crippen LogP contribution < -0.4 is 9.80 Å². The van der Waals surface area contributed by atoms with E-state index in [4.69, 9.17) is 9.97 Å². The van der Waals surface area contributed by atoms with Crippen LogP contribution in [-0.4, -0.2) is 18.8 Å². The standard InChI is InChI=1S/C65H48N6/c1-65(2)57-43-53(70(49-23-11-5-12-24-49)51-33-29-47(30-34-51)63-61(45-19-7-3-8-20-45)66-59-27-15-17-41-68(59)63)37-39-55(57)56-40-38-54(44-58(56)65)71(50-25-13-6-14-26-50)52-35-31-48(32-36-52)64-62(46-21-9-4-10-22-46)67-60-28-16-18-42-69(60)64/h3-44H,1-2H3. The molecule has 12 aromatic rings. The Morgan fingerprint density at radius 3 is 1.06 bits per heavy atom. The second kappa shape index (κ2) is 17.1. The lowest BCUT2D eigenvalue weighted by atomic mass is 9.82. The van der Waals surface area contributed by atoms with Crippen molar-refractivity contribution in [2.24, 2.45) is 0 Å². The largest absolute Gasteiger partial charge is 0.310 e. The van der Waals surface area contributed by atoms with Crippen molar-refractivity contribution in [3.8, 4) is 56.2 Å². The van der Waals surface area contributed by atoms with Gasteiger partial charge in [0.2, 0.25) is 0 Å². The van der Waals surface area contributed by atoms with Crippen molar-refractivity contribution in [2.75, 3.05) is 9.80 Å². The van der Waals surface area contributed by atoms with E-state index < -0.39 is 0 Å². The number of pyridine rings is 2. The molecule has 0 radical (unpaired) electrons. The normalized spacial score (nSPS) is 12.5. The van der Waals surface area contributed by atoms with Gasteiger partial charge in [-0.25, -0.2) is 9.97 Å². The Morgan fingerprint density at radius 2 is 0.662 bits per heavy atom. The minimum Gasteiger partial charge on any atom is -0.310 e. The summed E-state index contributed by atoms with van der Waals surface area (Å²) in [4.78, 5) is 14.9. The molecule has 13 rings (SSSR count). The van der Waals surface area contributed by atoms with E-state index in [1.54, 1.807) is 0 Å². The summed E-state index contributed by atoms with van der Waals surface area (Å²) in [6, 6.07) is 86.6. The van der Waals surface area contributed by atoms with Gasteiger partial charge in [0.15, 0.2) is 0 Å². The number of nitrogens with zero attached hydrogens (tertiary/aromatic N) is 6. The highest BCUT2D eigenvalue weighted by molar-refractivity contribution is 5.90. The Labute approximate surface area is 413 Å². The topological polar surface area (TPSA) is 41.1 Å². The number of hydrogen-bond donors (Lipinski definition) is 0. The maximum Gasteiger partial charge on any atom is 0.137 e. The van der Waals surface area contributed by atoms with E-state index in [2.05, 4.69) is 275 Å². The Hall–Kier alpha value is -9.26. The number of benzene rings is 8. The van der Waals surface area contributed by atoms with E-state index in [0.29, 0.717) is 0 Å². The molecular formula is C65H48N6. The summed E-state index contributed by atoms with van der Waals surface area (Å²) in [6.07, 6.45) is 4.20. The zero-order valence-corrected chi connectivity index (χ0v) is 39.4. The van der Waals surface area contributed by atoms with E-state index in [1.165, 1.54) is 22.3 Å². The van der Waals surface area contributed by atoms with Gasteiger partial charge >= 0.3 is 0 Å². The summed E-state index contributed by atoms with van der Waals surface area (Å²) in [5.41, 5.74) is 21.7. The van der Waals surface area contributed by atoms with Crippen LogP contribution in [0.1, 0.15) is 25.0 Å². The van der Waals surface area contributed by atoms with Crippen molar-refractivity contribution < 1.29 is 0 Å². The van der Waals surface area contributed by atoms with Crippen LogP contribution in [0.5, 0.6) is 0 Å². The summed E-state index contributed by atoms with van der Waals surface area (Å²) in [6.45, 7) is 4.74. The van der Waals surface area contributed by atoms with Crippen LogP contribution in [0.15, 0.2) is 255 Å². The molecule has 0 amide bonds. The van der Waals surface area contributed by atoms with E-state index >= 15 is 0 Å². The lowest BCUT2D eigenvalue weighted by Gasteiger charge is -2.29. The second-order valence-electron chi connectivity index (χ2n) is 18.7. The predicted octanol–water partition coefficient (Wildman–Crippen LogP) is 16.9. The Bertz CT molecular complexity index is 3620. The smallest absolute Gasteiger partial charge is 0.137 e. The third-order valence-electron chi connectivity index (χ3n) is 14.1. The summed E-state index contributed by atoms with van der Waals surface area (Å²) >= 11 is 0. The lowest BCUT2D eigenvalue weighted by Crippen LogP contribution is -2.17. The molecule has 4 heterocycles. The van der Waals surface area contributed by atoms with E-state index in [9.17, 15) is 0 Å². The van der Waals surface area contributed by atoms with Crippen molar-refractivity contribution in [1.29, 1.82) is 0 Å². The van der Waals surface area contributed by atoms with Gasteiger partial charge in [-0.15, -0.1) is 0 Å². The van der Waals surface area contributed by atoms with Crippen LogP contribution in [0.3, 0.4) is 0 Å². The van der Waals surface area contributed by atoms with Gasteiger partial charge in [0.1, 0.15) is 11.3 Å². The van der Waals surface area contributed by atoms with Gasteiger partial charge in [-0.2, -0.15) is 0 Å². The first-order valence-electron chi connectivity index (χ1n) is 24.2. The molecule has 6 nitrogen and oxygen atoms in total. The first kappa shape index (κ1) is 41.9. The number of para-hydroxylation sites is 2. The third kappa shape index (κ3) is 7.19. The molecule has 1 aliphatic carbocycles. The van der Waals surface area contributed by atoms with Crippen molar-refractivity contribution in [2.45, 2.75) is 19.3 Å². The Morgan fingerprint density at radius 1 is 0.324 bits per heavy atom. The number of hydrogen-bond acceptors (Lipinski definition) is 4. The fraction of sp³-hybridized carbons (Fsp3) is 0.0462. The fourth-order valence-electron chi connectivity index (χ4n) is 10.7. The van der Waals surface area contributed by atoms with Crippen molar-refractivity contribution in [3.63, 3.8) is 0 Å². The average molecular weight is 913 g/mol. The van der Waals surface area contributed by atoms with E-state index in [1.807, 2.05) is 12.1 Å². The van der Waals surface area contributed by atoms with Crippen molar-refractivity contribution in [1.82, 2.24) is 18.8 Å². The van der Waals surface area contributed by atoms with Gasteiger partial charge < -0.3 is 9.80 Å². The highest BCUT2D eigenvalue weighted by Gasteiger charge is 2.37. The van der Waals surface area contributed by atoms with Crippen LogP contribution in [0.4, 0.5) is 34.1 Å². The van der Waals surface area contributed by atoms with Crippen molar-refractivity contribution >= 4 is 45.4 Å². The van der Waals surface area contributed by atoms with E-state index in [0.717, 1.165) is 90.4 Å². The Balaban J connectivity index is 0.863. The zero-order valence-electron chi connectivity index (χ0n) is 39.4. The molecule has 4 aromatic heterocycles. The molecule has 0 aliphatic heterocycles. The van der Waals surface area contributed by atoms with Crippen LogP contribution in [-0.2, 0) is 5.41 Å². The summed E-state index contributed by atoms with van der Waals surface area (Å²) < 4.78 is 4.39. The van der Waals surface area contributed by atoms with Gasteiger partial charge in [-0.1, -0.05) is 159 Å². The van der Waals surface area contributed by atoms with E-state index in [-0.39, 0.29) is 5.41 Å². The minimum absolute atomic E-state index is 0.289. The minimum atomic E-state index is -0.289. The van der Waals surface area contributed by atoms with Crippen LogP contribution in [0.2, 0.25) is 0 Å². The summed E-state index contributed by atoms with van der Waals surface area (Å²) in [5.74, 6) is 0. The highest BCUT2D eigenvalue weighted by Crippen LogP contribution is 2.53. The molecule has 0 unspecified atom stereocenters. The molecular weight excluding hydrogens is 865 g/mol. The monoisotopic (exact) mass is 912 g/mol. The van der Waals surface area contributed by atoms with Crippen LogP contribution in [0, 0.1) is 0 Å². The summed E-state index contributed by atoms with van der Waals surface area (Å²) in [7, 11) is 0. The van der Waals surface area contributed by atoms with Gasteiger partial charge in [-0.05, 0) is 119 Å². The quantitative estimate of drug-likeness (QED) is 0.137. The predicted molar refractivity (Wildman–Crippen MR) is 293 cm³/mol. The second-order valence-corrected chi connectivity index (χ2v) is 18.7. The SMILES string of the molecule is CC1(C)c2cc(N(c3ccccc3)c3ccc(-c4c(-c5ccccc5)nc5ccccn45)cc3)ccc2-c2ccc(N(c3ccccc3)c3ccc(-c4c(-c5ccccc5)nc5ccccn45)cc3)cc21. The van der Waals surface area contributed by atoms with Gasteiger partial charge in [0.05, 0.1) is 22.8 Å². The molecule has 0 spiro atoms. The lowest BCUT2D eigenvalue weighted by molar-refractivity contribution is 0.660. The van der Waals surface area contributed by atoms with Gasteiger partial charge in [0, 0.05) is 74.2 Å². The Kier molecular flexibility index (Phi) is 10.1. The molecule has 0 fully saturated rings. The first-order chi connectivity index (χ1) is 35.0. The number of fused-ring (bicyclic) bond motifs is 5. The summed E-state index contributed by atoms with van der Waals surface area (Å²) in [5, 5.41) is 0. The molecule has 6 heteroatoms. The maximum absolute atomic E-state index is 5.10. The third-order valence-corrected chi connectivity index (χ3v) is 14.1. The highest BCUT2D eigenvalue weighted by atomic mass is 15.1. The molecule has 0 atom stereocenters. The molecule has 1 aliphatic rings. The number of imidazole rings is 2. The average Bonchev–Trinajstić information content (AvgIpc) is 4.09. The molecule has 8 aromatic carbocycles. The molecule has 0 N–H and O–H groups in total. The zero-order chi connectivity index (χ0) is 47.5. The first-order valence-corrected chi connectivity index (χ1v) is 24.2. The molecule has 0 bridgehead atoms. The van der Waals surface area contributed by atoms with Gasteiger partial charge in [-0.3, -0.25) is 8.80 Å². The molecule has 71 heavy (non-hydrogen) atoms. The molecule has 0 saturated carbocycles. The molecule has 338 valence electrons. The number of aromatic nitrogens is 4. The van der Waals surface area contributed by atoms with Gasteiger partial charge in [0.25, 0.3) is 0 Å². The number of rotatable bonds is 10. The maximum atomic E-state index is 5.10. The number of anilines is 6. The fourth-order valence-corrected chi connectivity index (χ4v) is 10.7. The van der Waals surface area contributed by atoms with Crippen LogP contribution >= 0.6 is 0 Å². The van der Waals surface area contributed by atoms with Crippen molar-refractivity contribution in [3.05, 3.63) is 266 Å². The van der Waals surface area contributed by atoms with Crippen LogP contribution in [0.25, 0.3) is 67.5 Å².